The van der Waals surface area contributed by atoms with Gasteiger partial charge in [-0.15, -0.1) is 0 Å². The van der Waals surface area contributed by atoms with Crippen LogP contribution in [0.3, 0.4) is 0 Å². The second-order valence-corrected chi connectivity index (χ2v) is 5.80. The summed E-state index contributed by atoms with van der Waals surface area (Å²) >= 11 is 12.0. The van der Waals surface area contributed by atoms with Gasteiger partial charge >= 0.3 is 6.03 Å². The lowest BCUT2D eigenvalue weighted by atomic mass is 10.1. The Balaban J connectivity index is 1.85. The molecule has 1 aliphatic rings. The summed E-state index contributed by atoms with van der Waals surface area (Å²) in [5.74, 6) is 0. The maximum atomic E-state index is 11.7. The van der Waals surface area contributed by atoms with Gasteiger partial charge in [0.2, 0.25) is 0 Å². The van der Waals surface area contributed by atoms with Crippen molar-refractivity contribution in [3.63, 3.8) is 0 Å². The average molecular weight is 317 g/mol. The van der Waals surface area contributed by atoms with Gasteiger partial charge < -0.3 is 15.7 Å². The quantitative estimate of drug-likeness (QED) is 0.798. The lowest BCUT2D eigenvalue weighted by molar-refractivity contribution is 0.172. The van der Waals surface area contributed by atoms with E-state index in [2.05, 4.69) is 10.6 Å². The van der Waals surface area contributed by atoms with Gasteiger partial charge in [0.05, 0.1) is 6.10 Å². The first-order valence-electron chi connectivity index (χ1n) is 6.74. The van der Waals surface area contributed by atoms with Crippen LogP contribution in [0.1, 0.15) is 37.4 Å². The lowest BCUT2D eigenvalue weighted by Crippen LogP contribution is -2.42. The Kier molecular flexibility index (Phi) is 5.52. The number of urea groups is 1. The van der Waals surface area contributed by atoms with Crippen molar-refractivity contribution in [3.05, 3.63) is 33.8 Å². The molecule has 1 fully saturated rings. The molecule has 0 aromatic heterocycles. The van der Waals surface area contributed by atoms with Gasteiger partial charge in [0.15, 0.2) is 0 Å². The fraction of sp³-hybridized carbons (Fsp3) is 0.500. The van der Waals surface area contributed by atoms with Gasteiger partial charge in [-0.3, -0.25) is 0 Å². The van der Waals surface area contributed by atoms with Crippen molar-refractivity contribution in [1.29, 1.82) is 0 Å². The second kappa shape index (κ2) is 7.16. The topological polar surface area (TPSA) is 61.4 Å². The van der Waals surface area contributed by atoms with E-state index in [0.717, 1.165) is 25.7 Å². The standard InChI is InChI=1S/C14H18Cl2N2O2/c15-10-6-3-7-11(16)13(10)12(19)8-17-14(20)18-9-4-1-2-5-9/h3,6-7,9,12,19H,1-2,4-5,8H2,(H2,17,18,20). The third kappa shape index (κ3) is 4.01. The molecule has 0 spiro atoms. The normalized spacial score (nSPS) is 16.9. The number of aliphatic hydroxyl groups excluding tert-OH is 1. The minimum Gasteiger partial charge on any atom is -0.386 e. The van der Waals surface area contributed by atoms with Crippen molar-refractivity contribution < 1.29 is 9.90 Å². The summed E-state index contributed by atoms with van der Waals surface area (Å²) in [7, 11) is 0. The number of amides is 2. The summed E-state index contributed by atoms with van der Waals surface area (Å²) in [6.45, 7) is 0.0714. The zero-order valence-electron chi connectivity index (χ0n) is 11.0. The van der Waals surface area contributed by atoms with Crippen LogP contribution in [0.4, 0.5) is 4.79 Å². The van der Waals surface area contributed by atoms with Crippen LogP contribution < -0.4 is 10.6 Å². The monoisotopic (exact) mass is 316 g/mol. The molecule has 1 aliphatic carbocycles. The van der Waals surface area contributed by atoms with Crippen LogP contribution in [0.2, 0.25) is 10.0 Å². The molecule has 2 amide bonds. The maximum Gasteiger partial charge on any atom is 0.315 e. The van der Waals surface area contributed by atoms with Gasteiger partial charge in [0.1, 0.15) is 0 Å². The Morgan fingerprint density at radius 1 is 1.30 bits per heavy atom. The van der Waals surface area contributed by atoms with Crippen molar-refractivity contribution in [2.24, 2.45) is 0 Å². The third-order valence-electron chi connectivity index (χ3n) is 3.48. The number of carbonyl (C=O) groups excluding carboxylic acids is 1. The minimum absolute atomic E-state index is 0.0714. The SMILES string of the molecule is O=C(NCC(O)c1c(Cl)cccc1Cl)NC1CCCC1. The number of rotatable bonds is 4. The van der Waals surface area contributed by atoms with Crippen LogP contribution in [-0.4, -0.2) is 23.7 Å². The maximum absolute atomic E-state index is 11.7. The number of carbonyl (C=O) groups is 1. The highest BCUT2D eigenvalue weighted by molar-refractivity contribution is 6.36. The van der Waals surface area contributed by atoms with Crippen LogP contribution in [0.5, 0.6) is 0 Å². The fourth-order valence-electron chi connectivity index (χ4n) is 2.43. The molecular weight excluding hydrogens is 299 g/mol. The number of hydrogen-bond acceptors (Lipinski definition) is 2. The van der Waals surface area contributed by atoms with Crippen LogP contribution in [-0.2, 0) is 0 Å². The Morgan fingerprint density at radius 2 is 1.90 bits per heavy atom. The summed E-state index contributed by atoms with van der Waals surface area (Å²) in [4.78, 5) is 11.7. The molecule has 1 aromatic rings. The van der Waals surface area contributed by atoms with E-state index >= 15 is 0 Å². The molecule has 1 aromatic carbocycles. The van der Waals surface area contributed by atoms with Crippen LogP contribution in [0, 0.1) is 0 Å². The van der Waals surface area contributed by atoms with Gasteiger partial charge in [0, 0.05) is 28.2 Å². The fourth-order valence-corrected chi connectivity index (χ4v) is 3.08. The summed E-state index contributed by atoms with van der Waals surface area (Å²) in [6, 6.07) is 5.01. The first-order valence-corrected chi connectivity index (χ1v) is 7.50. The van der Waals surface area contributed by atoms with Crippen LogP contribution >= 0.6 is 23.2 Å². The molecule has 1 unspecified atom stereocenters. The summed E-state index contributed by atoms with van der Waals surface area (Å²) in [5.41, 5.74) is 0.442. The lowest BCUT2D eigenvalue weighted by Gasteiger charge is -2.17. The molecule has 0 saturated heterocycles. The summed E-state index contributed by atoms with van der Waals surface area (Å²) in [6.07, 6.45) is 3.43. The molecule has 0 bridgehead atoms. The van der Waals surface area contributed by atoms with E-state index in [1.807, 2.05) is 0 Å². The molecule has 3 N–H and O–H groups in total. The van der Waals surface area contributed by atoms with E-state index in [4.69, 9.17) is 23.2 Å². The Morgan fingerprint density at radius 3 is 2.50 bits per heavy atom. The molecule has 1 saturated carbocycles. The zero-order valence-corrected chi connectivity index (χ0v) is 12.5. The van der Waals surface area contributed by atoms with Crippen molar-refractivity contribution in [2.75, 3.05) is 6.54 Å². The average Bonchev–Trinajstić information content (AvgIpc) is 2.89. The first kappa shape index (κ1) is 15.4. The highest BCUT2D eigenvalue weighted by atomic mass is 35.5. The Bertz CT molecular complexity index is 456. The summed E-state index contributed by atoms with van der Waals surface area (Å²) in [5, 5.41) is 16.4. The predicted octanol–water partition coefficient (Wildman–Crippen LogP) is 3.27. The van der Waals surface area contributed by atoms with Crippen molar-refractivity contribution in [1.82, 2.24) is 10.6 Å². The number of benzene rings is 1. The number of aliphatic hydroxyl groups is 1. The molecule has 0 aliphatic heterocycles. The van der Waals surface area contributed by atoms with Crippen LogP contribution in [0.25, 0.3) is 0 Å². The van der Waals surface area contributed by atoms with Gasteiger partial charge in [-0.1, -0.05) is 42.1 Å². The van der Waals surface area contributed by atoms with Gasteiger partial charge in [0.25, 0.3) is 0 Å². The largest absolute Gasteiger partial charge is 0.386 e. The van der Waals surface area contributed by atoms with E-state index in [9.17, 15) is 9.90 Å². The van der Waals surface area contributed by atoms with Crippen molar-refractivity contribution >= 4 is 29.2 Å². The van der Waals surface area contributed by atoms with Gasteiger partial charge in [-0.2, -0.15) is 0 Å². The second-order valence-electron chi connectivity index (χ2n) is 4.99. The molecule has 20 heavy (non-hydrogen) atoms. The number of hydrogen-bond donors (Lipinski definition) is 3. The smallest absolute Gasteiger partial charge is 0.315 e. The first-order chi connectivity index (χ1) is 9.58. The molecule has 0 heterocycles. The Hall–Kier alpha value is -0.970. The van der Waals surface area contributed by atoms with E-state index in [1.165, 1.54) is 0 Å². The van der Waals surface area contributed by atoms with E-state index in [1.54, 1.807) is 18.2 Å². The molecular formula is C14H18Cl2N2O2. The minimum atomic E-state index is -0.925. The molecule has 0 radical (unpaired) electrons. The molecule has 4 nitrogen and oxygen atoms in total. The van der Waals surface area contributed by atoms with E-state index in [0.29, 0.717) is 15.6 Å². The molecule has 1 atom stereocenters. The molecule has 6 heteroatoms. The number of nitrogens with one attached hydrogen (secondary N) is 2. The number of halogens is 2. The highest BCUT2D eigenvalue weighted by Crippen LogP contribution is 2.29. The van der Waals surface area contributed by atoms with E-state index < -0.39 is 6.10 Å². The molecule has 2 rings (SSSR count). The van der Waals surface area contributed by atoms with Crippen molar-refractivity contribution in [3.8, 4) is 0 Å². The van der Waals surface area contributed by atoms with Gasteiger partial charge in [-0.05, 0) is 25.0 Å². The Labute approximate surface area is 128 Å². The highest BCUT2D eigenvalue weighted by Gasteiger charge is 2.19. The van der Waals surface area contributed by atoms with Gasteiger partial charge in [-0.25, -0.2) is 4.79 Å². The van der Waals surface area contributed by atoms with E-state index in [-0.39, 0.29) is 18.6 Å². The zero-order chi connectivity index (χ0) is 14.5. The van der Waals surface area contributed by atoms with Crippen molar-refractivity contribution in [2.45, 2.75) is 37.8 Å². The predicted molar refractivity (Wildman–Crippen MR) is 80.2 cm³/mol. The third-order valence-corrected chi connectivity index (χ3v) is 4.14. The van der Waals surface area contributed by atoms with Crippen LogP contribution in [0.15, 0.2) is 18.2 Å². The molecule has 110 valence electrons. The summed E-state index contributed by atoms with van der Waals surface area (Å²) < 4.78 is 0.